The fourth-order valence-corrected chi connectivity index (χ4v) is 8.55. The minimum Gasteiger partial charge on any atom is -0.482 e. The molecule has 1 fully saturated rings. The topological polar surface area (TPSA) is 104 Å². The number of amides is 1. The first-order valence-corrected chi connectivity index (χ1v) is 16.1. The van der Waals surface area contributed by atoms with E-state index in [0.717, 1.165) is 0 Å². The lowest BCUT2D eigenvalue weighted by molar-refractivity contribution is 0.00000975. The molecule has 9 nitrogen and oxygen atoms in total. The van der Waals surface area contributed by atoms with Crippen molar-refractivity contribution in [3.05, 3.63) is 81.2 Å². The number of benzene rings is 2. The molecule has 1 N–H and O–H groups in total. The molecule has 2 aromatic carbocycles. The number of ether oxygens (including phenoxy) is 1. The van der Waals surface area contributed by atoms with Crippen LogP contribution in [0.2, 0.25) is 10.0 Å². The maximum Gasteiger partial charge on any atom is 0.275 e. The highest BCUT2D eigenvalue weighted by molar-refractivity contribution is 7.92. The van der Waals surface area contributed by atoms with Gasteiger partial charge in [-0.15, -0.1) is 0 Å². The summed E-state index contributed by atoms with van der Waals surface area (Å²) in [5, 5.41) is 9.74. The first-order chi connectivity index (χ1) is 20.5. The number of hydrogen-bond donors (Lipinski definition) is 1. The second kappa shape index (κ2) is 11.4. The molecule has 0 spiro atoms. The quantitative estimate of drug-likeness (QED) is 0.293. The molecular weight excluding hydrogens is 618 g/mol. The van der Waals surface area contributed by atoms with Crippen molar-refractivity contribution in [2.24, 2.45) is 0 Å². The van der Waals surface area contributed by atoms with Crippen LogP contribution >= 0.6 is 23.2 Å². The number of imidazole rings is 1. The lowest BCUT2D eigenvalue weighted by Gasteiger charge is -2.36. The van der Waals surface area contributed by atoms with Crippen LogP contribution in [0.5, 0.6) is 5.88 Å². The van der Waals surface area contributed by atoms with E-state index < -0.39 is 27.6 Å². The number of pyridine rings is 1. The third-order valence-corrected chi connectivity index (χ3v) is 10.8. The molecule has 0 saturated carbocycles. The van der Waals surface area contributed by atoms with Crippen molar-refractivity contribution in [2.45, 2.75) is 30.4 Å². The number of likely N-dealkylation sites (tertiary alicyclic amines) is 1. The molecule has 0 aliphatic carbocycles. The molecule has 6 rings (SSSR count). The number of β-amino-alcohol motifs (C(OH)–C–C–N with tert-alkyl or cyclic N) is 1. The highest BCUT2D eigenvalue weighted by Crippen LogP contribution is 2.44. The number of aliphatic hydroxyl groups is 1. The second-order valence-electron chi connectivity index (χ2n) is 10.9. The van der Waals surface area contributed by atoms with Gasteiger partial charge in [0.05, 0.1) is 45.6 Å². The third kappa shape index (κ3) is 5.27. The van der Waals surface area contributed by atoms with E-state index in [0.29, 0.717) is 60.0 Å². The number of aliphatic hydroxyl groups excluding tert-OH is 1. The van der Waals surface area contributed by atoms with Gasteiger partial charge in [-0.2, -0.15) is 0 Å². The lowest BCUT2D eigenvalue weighted by Crippen LogP contribution is -2.51. The van der Waals surface area contributed by atoms with Crippen molar-refractivity contribution in [3.63, 3.8) is 0 Å². The Balaban J connectivity index is 1.49. The van der Waals surface area contributed by atoms with Gasteiger partial charge in [-0.05, 0) is 60.9 Å². The smallest absolute Gasteiger partial charge is 0.275 e. The SMILES string of the molecule is COc1cccc2nc(C(=O)N(CCCN3CC(O)C3)C3CS(=O)(=O)c4c3ccc(Cl)c4Cl)c(-c3ccc(F)c(C)c3)n12. The molecule has 2 aromatic heterocycles. The summed E-state index contributed by atoms with van der Waals surface area (Å²) < 4.78 is 48.3. The Morgan fingerprint density at radius 2 is 1.95 bits per heavy atom. The third-order valence-electron chi connectivity index (χ3n) is 8.03. The van der Waals surface area contributed by atoms with Gasteiger partial charge in [0.1, 0.15) is 11.5 Å². The van der Waals surface area contributed by atoms with E-state index in [1.165, 1.54) is 24.1 Å². The molecule has 4 heterocycles. The molecule has 2 aliphatic heterocycles. The van der Waals surface area contributed by atoms with E-state index in [-0.39, 0.29) is 39.0 Å². The van der Waals surface area contributed by atoms with Gasteiger partial charge in [0, 0.05) is 31.7 Å². The number of rotatable bonds is 8. The van der Waals surface area contributed by atoms with Crippen LogP contribution in [0.3, 0.4) is 0 Å². The van der Waals surface area contributed by atoms with Crippen LogP contribution < -0.4 is 4.74 Å². The van der Waals surface area contributed by atoms with Crippen LogP contribution in [-0.2, 0) is 9.84 Å². The van der Waals surface area contributed by atoms with Crippen LogP contribution in [0, 0.1) is 12.7 Å². The maximum atomic E-state index is 14.7. The van der Waals surface area contributed by atoms with E-state index in [1.807, 2.05) is 0 Å². The fourth-order valence-electron chi connectivity index (χ4n) is 5.92. The van der Waals surface area contributed by atoms with E-state index in [2.05, 4.69) is 4.90 Å². The van der Waals surface area contributed by atoms with E-state index >= 15 is 0 Å². The number of sulfone groups is 1. The zero-order valence-electron chi connectivity index (χ0n) is 23.4. The van der Waals surface area contributed by atoms with Crippen LogP contribution in [0.15, 0.2) is 53.4 Å². The Morgan fingerprint density at radius 1 is 1.19 bits per heavy atom. The minimum absolute atomic E-state index is 0.0661. The summed E-state index contributed by atoms with van der Waals surface area (Å²) in [6.07, 6.45) is 0.152. The zero-order chi connectivity index (χ0) is 30.6. The summed E-state index contributed by atoms with van der Waals surface area (Å²) in [5.74, 6) is -0.832. The van der Waals surface area contributed by atoms with Gasteiger partial charge in [0.2, 0.25) is 0 Å². The monoisotopic (exact) mass is 646 g/mol. The Labute approximate surface area is 258 Å². The van der Waals surface area contributed by atoms with Crippen molar-refractivity contribution < 1.29 is 27.4 Å². The van der Waals surface area contributed by atoms with Crippen molar-refractivity contribution in [1.29, 1.82) is 0 Å². The highest BCUT2D eigenvalue weighted by atomic mass is 35.5. The predicted octanol–water partition coefficient (Wildman–Crippen LogP) is 4.80. The summed E-state index contributed by atoms with van der Waals surface area (Å²) >= 11 is 12.6. The molecule has 1 saturated heterocycles. The Kier molecular flexibility index (Phi) is 7.89. The lowest BCUT2D eigenvalue weighted by atomic mass is 10.0. The molecule has 1 amide bonds. The van der Waals surface area contributed by atoms with Crippen molar-refractivity contribution in [2.75, 3.05) is 39.0 Å². The molecule has 2 aliphatic rings. The van der Waals surface area contributed by atoms with E-state index in [1.54, 1.807) is 47.7 Å². The van der Waals surface area contributed by atoms with Gasteiger partial charge in [0.15, 0.2) is 21.4 Å². The molecule has 226 valence electrons. The standard InChI is InChI=1S/C30H29Cl2FN4O5S/c1-17-13-18(7-10-22(17)33)28-27(34-24-5-3-6-25(42-2)37(24)28)30(39)36(12-4-11-35-14-19(38)15-35)23-16-43(40,41)29-20(23)8-9-21(31)26(29)32/h3,5-10,13,19,23,38H,4,11-12,14-16H2,1-2H3. The largest absolute Gasteiger partial charge is 0.482 e. The summed E-state index contributed by atoms with van der Waals surface area (Å²) in [7, 11) is -2.36. The van der Waals surface area contributed by atoms with Gasteiger partial charge >= 0.3 is 0 Å². The number of halogens is 3. The number of aromatic nitrogens is 2. The molecule has 0 bridgehead atoms. The Hall–Kier alpha value is -3.22. The molecule has 0 radical (unpaired) electrons. The predicted molar refractivity (Wildman–Crippen MR) is 161 cm³/mol. The van der Waals surface area contributed by atoms with Gasteiger partial charge in [-0.3, -0.25) is 14.1 Å². The zero-order valence-corrected chi connectivity index (χ0v) is 25.8. The number of carbonyl (C=O) groups is 1. The molecular formula is C30H29Cl2FN4O5S. The molecule has 1 atom stereocenters. The van der Waals surface area contributed by atoms with Gasteiger partial charge in [0.25, 0.3) is 5.91 Å². The van der Waals surface area contributed by atoms with E-state index in [9.17, 15) is 22.7 Å². The number of aryl methyl sites for hydroxylation is 1. The first kappa shape index (κ1) is 29.8. The molecule has 4 aromatic rings. The Bertz CT molecular complexity index is 1860. The van der Waals surface area contributed by atoms with Crippen molar-refractivity contribution >= 4 is 44.6 Å². The number of methoxy groups -OCH3 is 1. The maximum absolute atomic E-state index is 14.7. The Morgan fingerprint density at radius 3 is 2.65 bits per heavy atom. The number of fused-ring (bicyclic) bond motifs is 2. The van der Waals surface area contributed by atoms with Crippen LogP contribution in [0.1, 0.15) is 34.1 Å². The van der Waals surface area contributed by atoms with Gasteiger partial charge in [-0.25, -0.2) is 17.8 Å². The average Bonchev–Trinajstić information content (AvgIpc) is 3.48. The summed E-state index contributed by atoms with van der Waals surface area (Å²) in [5.41, 5.74) is 2.22. The van der Waals surface area contributed by atoms with Gasteiger partial charge < -0.3 is 14.7 Å². The van der Waals surface area contributed by atoms with E-state index in [4.69, 9.17) is 32.9 Å². The summed E-state index contributed by atoms with van der Waals surface area (Å²) in [6.45, 7) is 3.54. The summed E-state index contributed by atoms with van der Waals surface area (Å²) in [6, 6.07) is 12.0. The van der Waals surface area contributed by atoms with Crippen LogP contribution in [0.25, 0.3) is 16.9 Å². The number of carbonyl (C=O) groups excluding carboxylic acids is 1. The molecule has 43 heavy (non-hydrogen) atoms. The first-order valence-electron chi connectivity index (χ1n) is 13.7. The highest BCUT2D eigenvalue weighted by Gasteiger charge is 2.43. The number of hydrogen-bond acceptors (Lipinski definition) is 7. The van der Waals surface area contributed by atoms with Crippen molar-refractivity contribution in [3.8, 4) is 17.1 Å². The van der Waals surface area contributed by atoms with Gasteiger partial charge in [-0.1, -0.05) is 35.3 Å². The van der Waals surface area contributed by atoms with Crippen molar-refractivity contribution in [1.82, 2.24) is 19.2 Å². The number of nitrogens with zero attached hydrogens (tertiary/aromatic N) is 4. The normalized spacial score (nSPS) is 18.0. The summed E-state index contributed by atoms with van der Waals surface area (Å²) in [4.78, 5) is 22.9. The minimum atomic E-state index is -3.86. The average molecular weight is 648 g/mol. The fraction of sp³-hybridized carbons (Fsp3) is 0.333. The molecule has 1 unspecified atom stereocenters. The van der Waals surface area contributed by atoms with Crippen LogP contribution in [0.4, 0.5) is 4.39 Å². The van der Waals surface area contributed by atoms with Crippen LogP contribution in [-0.4, -0.2) is 83.8 Å². The second-order valence-corrected chi connectivity index (χ2v) is 13.6. The molecule has 13 heteroatoms.